The van der Waals surface area contributed by atoms with E-state index >= 15 is 0 Å². The Balaban J connectivity index is 2.59. The Bertz CT molecular complexity index is 271. The zero-order valence-corrected chi connectivity index (χ0v) is 7.50. The molecule has 0 N–H and O–H groups in total. The summed E-state index contributed by atoms with van der Waals surface area (Å²) in [4.78, 5) is 10.6. The molecule has 1 nitrogen and oxygen atoms in total. The van der Waals surface area contributed by atoms with E-state index in [2.05, 4.69) is 0 Å². The lowest BCUT2D eigenvalue weighted by Gasteiger charge is -2.02. The summed E-state index contributed by atoms with van der Waals surface area (Å²) in [5, 5.41) is 0. The van der Waals surface area contributed by atoms with Crippen molar-refractivity contribution in [2.24, 2.45) is 0 Å². The van der Waals surface area contributed by atoms with E-state index in [1.165, 1.54) is 0 Å². The zero-order valence-electron chi connectivity index (χ0n) is 7.50. The fourth-order valence-electron chi connectivity index (χ4n) is 1.29. The van der Waals surface area contributed by atoms with E-state index in [-0.39, 0.29) is 6.67 Å². The van der Waals surface area contributed by atoms with Crippen molar-refractivity contribution in [1.29, 1.82) is 0 Å². The van der Waals surface area contributed by atoms with Crippen molar-refractivity contribution >= 4 is 6.29 Å². The number of carbonyl (C=O) groups excluding carboxylic acids is 1. The highest BCUT2D eigenvalue weighted by molar-refractivity contribution is 5.77. The number of unbranched alkanes of at least 4 members (excludes halogenated alkanes) is 1. The average Bonchev–Trinajstić information content (AvgIpc) is 2.19. The van der Waals surface area contributed by atoms with Crippen molar-refractivity contribution in [2.75, 3.05) is 6.67 Å². The van der Waals surface area contributed by atoms with E-state index in [1.54, 1.807) is 6.07 Å². The molecule has 1 aromatic rings. The Morgan fingerprint density at radius 2 is 2.00 bits per heavy atom. The van der Waals surface area contributed by atoms with Crippen molar-refractivity contribution in [3.05, 3.63) is 35.4 Å². The van der Waals surface area contributed by atoms with Gasteiger partial charge in [-0.1, -0.05) is 24.3 Å². The highest BCUT2D eigenvalue weighted by atomic mass is 19.1. The van der Waals surface area contributed by atoms with Gasteiger partial charge in [0.2, 0.25) is 0 Å². The lowest BCUT2D eigenvalue weighted by molar-refractivity contribution is 0.112. The smallest absolute Gasteiger partial charge is 0.150 e. The van der Waals surface area contributed by atoms with E-state index in [4.69, 9.17) is 0 Å². The van der Waals surface area contributed by atoms with Crippen LogP contribution >= 0.6 is 0 Å². The minimum Gasteiger partial charge on any atom is -0.298 e. The second-order valence-corrected chi connectivity index (χ2v) is 2.96. The molecule has 0 spiro atoms. The van der Waals surface area contributed by atoms with Crippen molar-refractivity contribution < 1.29 is 9.18 Å². The van der Waals surface area contributed by atoms with Crippen LogP contribution < -0.4 is 0 Å². The number of aldehydes is 1. The van der Waals surface area contributed by atoms with Gasteiger partial charge in [0.25, 0.3) is 0 Å². The van der Waals surface area contributed by atoms with Gasteiger partial charge in [-0.3, -0.25) is 9.18 Å². The van der Waals surface area contributed by atoms with Gasteiger partial charge in [0, 0.05) is 5.56 Å². The Hall–Kier alpha value is -1.18. The van der Waals surface area contributed by atoms with Gasteiger partial charge in [0.1, 0.15) is 6.29 Å². The number of halogens is 1. The Morgan fingerprint density at radius 3 is 2.69 bits per heavy atom. The first-order chi connectivity index (χ1) is 6.38. The summed E-state index contributed by atoms with van der Waals surface area (Å²) in [6, 6.07) is 7.44. The van der Waals surface area contributed by atoms with Crippen LogP contribution in [-0.4, -0.2) is 13.0 Å². The largest absolute Gasteiger partial charge is 0.298 e. The number of aryl methyl sites for hydroxylation is 1. The van der Waals surface area contributed by atoms with E-state index in [9.17, 15) is 9.18 Å². The molecule has 13 heavy (non-hydrogen) atoms. The Labute approximate surface area is 77.6 Å². The molecule has 0 fully saturated rings. The average molecular weight is 180 g/mol. The topological polar surface area (TPSA) is 17.1 Å². The number of alkyl halides is 1. The van der Waals surface area contributed by atoms with Gasteiger partial charge < -0.3 is 0 Å². The van der Waals surface area contributed by atoms with Gasteiger partial charge in [0.15, 0.2) is 0 Å². The monoisotopic (exact) mass is 180 g/mol. The minimum atomic E-state index is -0.275. The summed E-state index contributed by atoms with van der Waals surface area (Å²) in [5.41, 5.74) is 1.74. The van der Waals surface area contributed by atoms with Crippen molar-refractivity contribution in [3.63, 3.8) is 0 Å². The maximum atomic E-state index is 11.8. The van der Waals surface area contributed by atoms with Crippen molar-refractivity contribution in [3.8, 4) is 0 Å². The van der Waals surface area contributed by atoms with Gasteiger partial charge in [0.05, 0.1) is 6.67 Å². The highest BCUT2D eigenvalue weighted by Crippen LogP contribution is 2.09. The van der Waals surface area contributed by atoms with Crippen LogP contribution in [0.1, 0.15) is 28.8 Å². The molecule has 1 aromatic carbocycles. The summed E-state index contributed by atoms with van der Waals surface area (Å²) < 4.78 is 11.8. The quantitative estimate of drug-likeness (QED) is 0.503. The van der Waals surface area contributed by atoms with Crippen LogP contribution in [0.2, 0.25) is 0 Å². The predicted octanol–water partition coefficient (Wildman–Crippen LogP) is 2.79. The third-order valence-electron chi connectivity index (χ3n) is 2.01. The van der Waals surface area contributed by atoms with Crippen LogP contribution in [0.25, 0.3) is 0 Å². The molecule has 0 bridgehead atoms. The van der Waals surface area contributed by atoms with Gasteiger partial charge in [-0.05, 0) is 24.8 Å². The first kappa shape index (κ1) is 9.90. The van der Waals surface area contributed by atoms with Gasteiger partial charge in [-0.25, -0.2) is 0 Å². The predicted molar refractivity (Wildman–Crippen MR) is 50.7 cm³/mol. The number of hydrogen-bond donors (Lipinski definition) is 0. The molecule has 2 heteroatoms. The number of carbonyl (C=O) groups is 1. The van der Waals surface area contributed by atoms with Gasteiger partial charge in [-0.15, -0.1) is 0 Å². The van der Waals surface area contributed by atoms with Gasteiger partial charge >= 0.3 is 0 Å². The molecule has 0 aliphatic heterocycles. The normalized spacial score (nSPS) is 9.92. The first-order valence-electron chi connectivity index (χ1n) is 4.47. The van der Waals surface area contributed by atoms with Crippen LogP contribution in [0.3, 0.4) is 0 Å². The summed E-state index contributed by atoms with van der Waals surface area (Å²) in [6.07, 6.45) is 3.03. The van der Waals surface area contributed by atoms with E-state index in [0.29, 0.717) is 6.42 Å². The lowest BCUT2D eigenvalue weighted by Crippen LogP contribution is -1.92. The lowest BCUT2D eigenvalue weighted by atomic mass is 10.0. The molecule has 70 valence electrons. The fraction of sp³-hybridized carbons (Fsp3) is 0.364. The SMILES string of the molecule is O=Cc1ccccc1CCCCF. The van der Waals surface area contributed by atoms with E-state index in [0.717, 1.165) is 30.3 Å². The third kappa shape index (κ3) is 2.98. The van der Waals surface area contributed by atoms with Crippen LogP contribution in [0.5, 0.6) is 0 Å². The molecule has 0 radical (unpaired) electrons. The number of benzene rings is 1. The molecule has 0 unspecified atom stereocenters. The van der Waals surface area contributed by atoms with Crippen molar-refractivity contribution in [2.45, 2.75) is 19.3 Å². The van der Waals surface area contributed by atoms with Crippen molar-refractivity contribution in [1.82, 2.24) is 0 Å². The summed E-state index contributed by atoms with van der Waals surface area (Å²) in [6.45, 7) is -0.275. The zero-order chi connectivity index (χ0) is 9.52. The summed E-state index contributed by atoms with van der Waals surface area (Å²) in [7, 11) is 0. The van der Waals surface area contributed by atoms with Crippen LogP contribution in [-0.2, 0) is 6.42 Å². The molecule has 0 aromatic heterocycles. The molecular formula is C11H13FO. The van der Waals surface area contributed by atoms with E-state index < -0.39 is 0 Å². The standard InChI is InChI=1S/C11H13FO/c12-8-4-3-6-10-5-1-2-7-11(10)9-13/h1-2,5,7,9H,3-4,6,8H2. The number of rotatable bonds is 5. The highest BCUT2D eigenvalue weighted by Gasteiger charge is 1.99. The maximum absolute atomic E-state index is 11.8. The molecular weight excluding hydrogens is 167 g/mol. The second kappa shape index (κ2) is 5.46. The molecule has 0 aliphatic rings. The maximum Gasteiger partial charge on any atom is 0.150 e. The molecule has 0 saturated carbocycles. The van der Waals surface area contributed by atoms with Crippen LogP contribution in [0, 0.1) is 0 Å². The number of hydrogen-bond acceptors (Lipinski definition) is 1. The summed E-state index contributed by atoms with van der Waals surface area (Å²) in [5.74, 6) is 0. The molecule has 0 heterocycles. The Kier molecular flexibility index (Phi) is 4.16. The molecule has 1 rings (SSSR count). The molecule has 0 atom stereocenters. The second-order valence-electron chi connectivity index (χ2n) is 2.96. The first-order valence-corrected chi connectivity index (χ1v) is 4.47. The minimum absolute atomic E-state index is 0.275. The molecule has 0 aliphatic carbocycles. The van der Waals surface area contributed by atoms with Crippen LogP contribution in [0.4, 0.5) is 4.39 Å². The van der Waals surface area contributed by atoms with Crippen LogP contribution in [0.15, 0.2) is 24.3 Å². The Morgan fingerprint density at radius 1 is 1.23 bits per heavy atom. The van der Waals surface area contributed by atoms with E-state index in [1.807, 2.05) is 18.2 Å². The van der Waals surface area contributed by atoms with Gasteiger partial charge in [-0.2, -0.15) is 0 Å². The fourth-order valence-corrected chi connectivity index (χ4v) is 1.29. The molecule has 0 amide bonds. The third-order valence-corrected chi connectivity index (χ3v) is 2.01. The summed E-state index contributed by atoms with van der Waals surface area (Å²) >= 11 is 0. The molecule has 0 saturated heterocycles.